The minimum Gasteiger partial charge on any atom is -0.444 e. The van der Waals surface area contributed by atoms with E-state index in [1.54, 1.807) is 20.8 Å². The number of amides is 2. The lowest BCUT2D eigenvalue weighted by Gasteiger charge is -2.35. The number of aliphatic hydroxyl groups excluding tert-OH is 3. The first-order chi connectivity index (χ1) is 18.6. The van der Waals surface area contributed by atoms with E-state index in [9.17, 15) is 24.9 Å². The maximum Gasteiger partial charge on any atom is 0.407 e. The van der Waals surface area contributed by atoms with E-state index in [0.29, 0.717) is 25.9 Å². The number of ether oxygens (including phenoxy) is 2. The van der Waals surface area contributed by atoms with E-state index in [0.717, 1.165) is 11.1 Å². The Balaban J connectivity index is 1.79. The molecule has 2 amide bonds. The molecule has 0 spiro atoms. The number of rotatable bonds is 11. The van der Waals surface area contributed by atoms with Crippen molar-refractivity contribution in [3.63, 3.8) is 0 Å². The van der Waals surface area contributed by atoms with Gasteiger partial charge < -0.3 is 35.4 Å². The lowest BCUT2D eigenvalue weighted by molar-refractivity contribution is -0.135. The Bertz CT molecular complexity index is 1030. The molecule has 1 fully saturated rings. The van der Waals surface area contributed by atoms with Crippen molar-refractivity contribution < 1.29 is 34.4 Å². The average molecular weight is 543 g/mol. The summed E-state index contributed by atoms with van der Waals surface area (Å²) in [6, 6.07) is 17.7. The predicted molar refractivity (Wildman–Crippen MR) is 147 cm³/mol. The molecule has 3 rings (SSSR count). The molecule has 0 radical (unpaired) electrons. The number of aliphatic hydroxyl groups is 3. The van der Waals surface area contributed by atoms with E-state index >= 15 is 0 Å². The van der Waals surface area contributed by atoms with Crippen LogP contribution in [0.3, 0.4) is 0 Å². The van der Waals surface area contributed by atoms with Crippen molar-refractivity contribution in [2.45, 2.75) is 82.5 Å². The van der Waals surface area contributed by atoms with Crippen LogP contribution < -0.4 is 10.6 Å². The van der Waals surface area contributed by atoms with Gasteiger partial charge in [-0.05, 0) is 57.6 Å². The van der Waals surface area contributed by atoms with E-state index in [-0.39, 0.29) is 18.9 Å². The Kier molecular flexibility index (Phi) is 11.3. The lowest BCUT2D eigenvalue weighted by Crippen LogP contribution is -2.55. The molecule has 2 aromatic rings. The standard InChI is InChI=1S/C30H42N2O7/c1-30(2,3)39-29(37)32-24(17-21-12-8-5-9-13-21)25(34)18-22(16-20-10-6-4-7-11-20)28(36)31-23-14-15-38-26(19-33)27(23)35/h4-13,22-27,33-35H,14-19H2,1-3H3,(H,31,36)(H,32,37)/t22-,23+,24+,25+,26-,27+/m1/s1. The summed E-state index contributed by atoms with van der Waals surface area (Å²) in [6.45, 7) is 5.25. The van der Waals surface area contributed by atoms with Gasteiger partial charge in [-0.25, -0.2) is 4.79 Å². The number of hydrogen-bond donors (Lipinski definition) is 5. The van der Waals surface area contributed by atoms with Crippen LogP contribution in [-0.4, -0.2) is 76.5 Å². The second kappa shape index (κ2) is 14.4. The largest absolute Gasteiger partial charge is 0.444 e. The van der Waals surface area contributed by atoms with Crippen molar-refractivity contribution >= 4 is 12.0 Å². The Morgan fingerprint density at radius 3 is 2.18 bits per heavy atom. The minimum absolute atomic E-state index is 0.0662. The van der Waals surface area contributed by atoms with Crippen LogP contribution in [0.15, 0.2) is 60.7 Å². The molecular weight excluding hydrogens is 500 g/mol. The van der Waals surface area contributed by atoms with Crippen LogP contribution in [0.5, 0.6) is 0 Å². The Morgan fingerprint density at radius 1 is 1.03 bits per heavy atom. The van der Waals surface area contributed by atoms with Gasteiger partial charge in [-0.1, -0.05) is 60.7 Å². The fraction of sp³-hybridized carbons (Fsp3) is 0.533. The molecular formula is C30H42N2O7. The monoisotopic (exact) mass is 542 g/mol. The first-order valence-corrected chi connectivity index (χ1v) is 13.5. The SMILES string of the molecule is CC(C)(C)OC(=O)N[C@@H](Cc1ccccc1)[C@@H](O)C[C@@H](Cc1ccccc1)C(=O)N[C@H]1CCO[C@H](CO)[C@H]1O. The quantitative estimate of drug-likeness (QED) is 0.294. The maximum atomic E-state index is 13.5. The number of nitrogens with one attached hydrogen (secondary N) is 2. The van der Waals surface area contributed by atoms with Gasteiger partial charge in [0, 0.05) is 12.5 Å². The molecule has 1 aliphatic rings. The fourth-order valence-electron chi connectivity index (χ4n) is 4.74. The summed E-state index contributed by atoms with van der Waals surface area (Å²) in [5.41, 5.74) is 1.13. The number of benzene rings is 2. The lowest BCUT2D eigenvalue weighted by atomic mass is 9.88. The Hall–Kier alpha value is -2.98. The summed E-state index contributed by atoms with van der Waals surface area (Å²) >= 11 is 0. The molecule has 6 atom stereocenters. The molecule has 9 nitrogen and oxygen atoms in total. The van der Waals surface area contributed by atoms with Crippen molar-refractivity contribution in [2.75, 3.05) is 13.2 Å². The summed E-state index contributed by atoms with van der Waals surface area (Å²) in [5, 5.41) is 37.2. The normalized spacial score (nSPS) is 21.8. The van der Waals surface area contributed by atoms with E-state index in [2.05, 4.69) is 10.6 Å². The van der Waals surface area contributed by atoms with Crippen LogP contribution in [0.25, 0.3) is 0 Å². The number of carbonyl (C=O) groups excluding carboxylic acids is 2. The van der Waals surface area contributed by atoms with E-state index in [1.165, 1.54) is 0 Å². The molecule has 0 aromatic heterocycles. The Labute approximate surface area is 230 Å². The summed E-state index contributed by atoms with van der Waals surface area (Å²) < 4.78 is 10.8. The minimum atomic E-state index is -1.07. The van der Waals surface area contributed by atoms with Gasteiger partial charge in [-0.15, -0.1) is 0 Å². The summed E-state index contributed by atoms with van der Waals surface area (Å²) in [4.78, 5) is 26.2. The molecule has 0 unspecified atom stereocenters. The summed E-state index contributed by atoms with van der Waals surface area (Å²) in [6.07, 6.45) is -2.36. The van der Waals surface area contributed by atoms with Gasteiger partial charge in [-0.2, -0.15) is 0 Å². The van der Waals surface area contributed by atoms with E-state index < -0.39 is 48.0 Å². The second-order valence-electron chi connectivity index (χ2n) is 11.1. The van der Waals surface area contributed by atoms with Gasteiger partial charge in [0.15, 0.2) is 0 Å². The van der Waals surface area contributed by atoms with Gasteiger partial charge >= 0.3 is 6.09 Å². The maximum absolute atomic E-state index is 13.5. The third kappa shape index (κ3) is 9.93. The van der Waals surface area contributed by atoms with E-state index in [1.807, 2.05) is 60.7 Å². The topological polar surface area (TPSA) is 137 Å². The fourth-order valence-corrected chi connectivity index (χ4v) is 4.74. The van der Waals surface area contributed by atoms with Crippen molar-refractivity contribution in [3.05, 3.63) is 71.8 Å². The summed E-state index contributed by atoms with van der Waals surface area (Å²) in [5.74, 6) is -0.972. The highest BCUT2D eigenvalue weighted by Crippen LogP contribution is 2.21. The molecule has 0 bridgehead atoms. The average Bonchev–Trinajstić information content (AvgIpc) is 2.89. The molecule has 1 aliphatic heterocycles. The van der Waals surface area contributed by atoms with Crippen LogP contribution in [0, 0.1) is 5.92 Å². The van der Waals surface area contributed by atoms with Crippen molar-refractivity contribution in [1.29, 1.82) is 0 Å². The van der Waals surface area contributed by atoms with Crippen LogP contribution >= 0.6 is 0 Å². The molecule has 0 saturated carbocycles. The molecule has 5 N–H and O–H groups in total. The Morgan fingerprint density at radius 2 is 1.62 bits per heavy atom. The predicted octanol–water partition coefficient (Wildman–Crippen LogP) is 2.36. The zero-order valence-electron chi connectivity index (χ0n) is 23.0. The highest BCUT2D eigenvalue weighted by molar-refractivity contribution is 5.79. The first kappa shape index (κ1) is 30.6. The highest BCUT2D eigenvalue weighted by Gasteiger charge is 2.36. The zero-order chi connectivity index (χ0) is 28.4. The van der Waals surface area contributed by atoms with Crippen LogP contribution in [0.2, 0.25) is 0 Å². The molecule has 9 heteroatoms. The van der Waals surface area contributed by atoms with Gasteiger partial charge in [0.2, 0.25) is 5.91 Å². The zero-order valence-corrected chi connectivity index (χ0v) is 23.0. The molecule has 2 aromatic carbocycles. The van der Waals surface area contributed by atoms with Gasteiger partial charge in [0.25, 0.3) is 0 Å². The van der Waals surface area contributed by atoms with Gasteiger partial charge in [0.1, 0.15) is 17.8 Å². The van der Waals surface area contributed by atoms with Crippen molar-refractivity contribution in [1.82, 2.24) is 10.6 Å². The number of hydrogen-bond acceptors (Lipinski definition) is 7. The molecule has 1 saturated heterocycles. The van der Waals surface area contributed by atoms with Crippen molar-refractivity contribution in [2.24, 2.45) is 5.92 Å². The van der Waals surface area contributed by atoms with Gasteiger partial charge in [-0.3, -0.25) is 4.79 Å². The van der Waals surface area contributed by atoms with Crippen LogP contribution in [-0.2, 0) is 27.1 Å². The van der Waals surface area contributed by atoms with Crippen LogP contribution in [0.1, 0.15) is 44.7 Å². The number of carbonyl (C=O) groups is 2. The third-order valence-corrected chi connectivity index (χ3v) is 6.75. The molecule has 1 heterocycles. The van der Waals surface area contributed by atoms with E-state index in [4.69, 9.17) is 9.47 Å². The molecule has 0 aliphatic carbocycles. The summed E-state index contributed by atoms with van der Waals surface area (Å²) in [7, 11) is 0. The van der Waals surface area contributed by atoms with Crippen molar-refractivity contribution in [3.8, 4) is 0 Å². The number of alkyl carbamates (subject to hydrolysis) is 1. The first-order valence-electron chi connectivity index (χ1n) is 13.5. The van der Waals surface area contributed by atoms with Gasteiger partial charge in [0.05, 0.1) is 24.8 Å². The highest BCUT2D eigenvalue weighted by atomic mass is 16.6. The smallest absolute Gasteiger partial charge is 0.407 e. The molecule has 39 heavy (non-hydrogen) atoms. The molecule has 214 valence electrons. The second-order valence-corrected chi connectivity index (χ2v) is 11.1. The third-order valence-electron chi connectivity index (χ3n) is 6.75. The van der Waals surface area contributed by atoms with Crippen LogP contribution in [0.4, 0.5) is 4.79 Å².